The quantitative estimate of drug-likeness (QED) is 0.823. The number of hydrogen-bond donors (Lipinski definition) is 2. The van der Waals surface area contributed by atoms with Crippen LogP contribution in [0.25, 0.3) is 0 Å². The first-order valence-electron chi connectivity index (χ1n) is 7.24. The number of benzene rings is 1. The van der Waals surface area contributed by atoms with Crippen molar-refractivity contribution in [3.63, 3.8) is 0 Å². The fraction of sp³-hybridized carbons (Fsp3) is 0.353. The Morgan fingerprint density at radius 3 is 2.64 bits per heavy atom. The molecule has 0 radical (unpaired) electrons. The third-order valence-corrected chi connectivity index (χ3v) is 4.28. The van der Waals surface area contributed by atoms with Crippen molar-refractivity contribution >= 4 is 17.7 Å². The summed E-state index contributed by atoms with van der Waals surface area (Å²) < 4.78 is 5.19. The lowest BCUT2D eigenvalue weighted by Crippen LogP contribution is -2.38. The van der Waals surface area contributed by atoms with Crippen LogP contribution in [0.2, 0.25) is 0 Å². The lowest BCUT2D eigenvalue weighted by molar-refractivity contribution is 0.0330. The largest absolute Gasteiger partial charge is 0.466 e. The van der Waals surface area contributed by atoms with Crippen molar-refractivity contribution in [3.8, 4) is 0 Å². The van der Waals surface area contributed by atoms with E-state index < -0.39 is 5.60 Å². The minimum Gasteiger partial charge on any atom is -0.466 e. The standard InChI is InChI=1S/C17H21NO3S/c1-3-22-11-13-6-8-14(9-7-13)16(19)18-12-17(2,20)15-5-4-10-21-15/h4-10,20H,3,11-12H2,1-2H3,(H,18,19). The van der Waals surface area contributed by atoms with Crippen LogP contribution < -0.4 is 5.32 Å². The minimum atomic E-state index is -1.23. The molecular formula is C17H21NO3S. The van der Waals surface area contributed by atoms with Crippen LogP contribution in [0, 0.1) is 0 Å². The van der Waals surface area contributed by atoms with E-state index in [0.29, 0.717) is 11.3 Å². The highest BCUT2D eigenvalue weighted by atomic mass is 32.2. The summed E-state index contributed by atoms with van der Waals surface area (Å²) in [5.74, 6) is 2.25. The monoisotopic (exact) mass is 319 g/mol. The summed E-state index contributed by atoms with van der Waals surface area (Å²) in [6.45, 7) is 3.82. The lowest BCUT2D eigenvalue weighted by Gasteiger charge is -2.21. The Bertz CT molecular complexity index is 591. The molecule has 1 unspecified atom stereocenters. The molecule has 0 aliphatic carbocycles. The fourth-order valence-electron chi connectivity index (χ4n) is 2.00. The van der Waals surface area contributed by atoms with E-state index in [9.17, 15) is 9.90 Å². The molecule has 118 valence electrons. The van der Waals surface area contributed by atoms with Gasteiger partial charge in [-0.05, 0) is 42.5 Å². The Morgan fingerprint density at radius 1 is 1.32 bits per heavy atom. The zero-order chi connectivity index (χ0) is 16.0. The van der Waals surface area contributed by atoms with Crippen LogP contribution >= 0.6 is 11.8 Å². The van der Waals surface area contributed by atoms with E-state index in [1.165, 1.54) is 11.8 Å². The highest BCUT2D eigenvalue weighted by Crippen LogP contribution is 2.20. The van der Waals surface area contributed by atoms with Gasteiger partial charge in [0.15, 0.2) is 0 Å². The second-order valence-corrected chi connectivity index (χ2v) is 6.54. The molecule has 0 saturated heterocycles. The summed E-state index contributed by atoms with van der Waals surface area (Å²) in [5, 5.41) is 13.0. The molecule has 2 aromatic rings. The van der Waals surface area contributed by atoms with Gasteiger partial charge < -0.3 is 14.8 Å². The Balaban J connectivity index is 1.92. The van der Waals surface area contributed by atoms with E-state index in [0.717, 1.165) is 11.5 Å². The van der Waals surface area contributed by atoms with Gasteiger partial charge in [-0.15, -0.1) is 0 Å². The van der Waals surface area contributed by atoms with Gasteiger partial charge in [0.1, 0.15) is 11.4 Å². The van der Waals surface area contributed by atoms with Crippen LogP contribution in [0.5, 0.6) is 0 Å². The van der Waals surface area contributed by atoms with Crippen molar-refractivity contribution in [1.29, 1.82) is 0 Å². The van der Waals surface area contributed by atoms with Crippen molar-refractivity contribution in [1.82, 2.24) is 5.32 Å². The zero-order valence-electron chi connectivity index (χ0n) is 12.8. The van der Waals surface area contributed by atoms with Crippen molar-refractivity contribution in [2.75, 3.05) is 12.3 Å². The summed E-state index contributed by atoms with van der Waals surface area (Å²) in [7, 11) is 0. The summed E-state index contributed by atoms with van der Waals surface area (Å²) in [6.07, 6.45) is 1.50. The first-order valence-corrected chi connectivity index (χ1v) is 8.39. The normalized spacial score (nSPS) is 13.6. The molecule has 0 bridgehead atoms. The smallest absolute Gasteiger partial charge is 0.251 e. The molecule has 1 aromatic carbocycles. The molecule has 0 fully saturated rings. The SMILES string of the molecule is CCSCc1ccc(C(=O)NCC(C)(O)c2ccco2)cc1. The molecule has 0 aliphatic rings. The predicted octanol–water partition coefficient (Wildman–Crippen LogP) is 3.17. The van der Waals surface area contributed by atoms with Gasteiger partial charge >= 0.3 is 0 Å². The number of thioether (sulfide) groups is 1. The van der Waals surface area contributed by atoms with Crippen LogP contribution in [-0.2, 0) is 11.4 Å². The van der Waals surface area contributed by atoms with Crippen molar-refractivity contribution < 1.29 is 14.3 Å². The molecule has 4 nitrogen and oxygen atoms in total. The Hall–Kier alpha value is -1.72. The summed E-state index contributed by atoms with van der Waals surface area (Å²) in [6, 6.07) is 10.9. The number of nitrogens with one attached hydrogen (secondary N) is 1. The van der Waals surface area contributed by atoms with Gasteiger partial charge in [-0.3, -0.25) is 4.79 Å². The molecule has 1 aromatic heterocycles. The number of carbonyl (C=O) groups is 1. The summed E-state index contributed by atoms with van der Waals surface area (Å²) in [5.41, 5.74) is 0.558. The lowest BCUT2D eigenvalue weighted by atomic mass is 10.0. The highest BCUT2D eigenvalue weighted by molar-refractivity contribution is 7.98. The average Bonchev–Trinajstić information content (AvgIpc) is 3.06. The maximum absolute atomic E-state index is 12.1. The van der Waals surface area contributed by atoms with Gasteiger partial charge in [-0.2, -0.15) is 11.8 Å². The maximum atomic E-state index is 12.1. The van der Waals surface area contributed by atoms with Gasteiger partial charge in [0, 0.05) is 11.3 Å². The number of furan rings is 1. The van der Waals surface area contributed by atoms with Crippen molar-refractivity contribution in [3.05, 3.63) is 59.5 Å². The topological polar surface area (TPSA) is 62.5 Å². The molecule has 1 atom stereocenters. The maximum Gasteiger partial charge on any atom is 0.251 e. The molecule has 0 spiro atoms. The number of aliphatic hydroxyl groups is 1. The molecule has 1 amide bonds. The van der Waals surface area contributed by atoms with E-state index in [1.807, 2.05) is 36.0 Å². The fourth-order valence-corrected chi connectivity index (χ4v) is 2.63. The number of amides is 1. The molecule has 2 N–H and O–H groups in total. The average molecular weight is 319 g/mol. The molecule has 2 rings (SSSR count). The predicted molar refractivity (Wildman–Crippen MR) is 88.9 cm³/mol. The van der Waals surface area contributed by atoms with Crippen LogP contribution in [0.1, 0.15) is 35.5 Å². The third kappa shape index (κ3) is 4.39. The van der Waals surface area contributed by atoms with Gasteiger partial charge in [-0.25, -0.2) is 0 Å². The molecule has 5 heteroatoms. The Labute approximate surface area is 134 Å². The first kappa shape index (κ1) is 16.6. The second kappa shape index (κ2) is 7.51. The molecule has 0 saturated carbocycles. The first-order chi connectivity index (χ1) is 10.5. The van der Waals surface area contributed by atoms with Gasteiger partial charge in [0.2, 0.25) is 0 Å². The van der Waals surface area contributed by atoms with E-state index in [2.05, 4.69) is 12.2 Å². The zero-order valence-corrected chi connectivity index (χ0v) is 13.7. The summed E-state index contributed by atoms with van der Waals surface area (Å²) >= 11 is 1.84. The Kier molecular flexibility index (Phi) is 5.69. The number of hydrogen-bond acceptors (Lipinski definition) is 4. The molecule has 22 heavy (non-hydrogen) atoms. The van der Waals surface area contributed by atoms with Crippen LogP contribution in [-0.4, -0.2) is 23.3 Å². The minimum absolute atomic E-state index is 0.0901. The highest BCUT2D eigenvalue weighted by Gasteiger charge is 2.26. The van der Waals surface area contributed by atoms with Crippen molar-refractivity contribution in [2.45, 2.75) is 25.2 Å². The molecular weight excluding hydrogens is 298 g/mol. The van der Waals surface area contributed by atoms with Gasteiger partial charge in [0.05, 0.1) is 12.8 Å². The van der Waals surface area contributed by atoms with Gasteiger partial charge in [0.25, 0.3) is 5.91 Å². The van der Waals surface area contributed by atoms with Crippen molar-refractivity contribution in [2.24, 2.45) is 0 Å². The Morgan fingerprint density at radius 2 is 2.05 bits per heavy atom. The van der Waals surface area contributed by atoms with E-state index in [1.54, 1.807) is 19.1 Å². The number of carbonyl (C=O) groups excluding carboxylic acids is 1. The van der Waals surface area contributed by atoms with Crippen LogP contribution in [0.3, 0.4) is 0 Å². The van der Waals surface area contributed by atoms with E-state index in [-0.39, 0.29) is 12.5 Å². The van der Waals surface area contributed by atoms with Gasteiger partial charge in [-0.1, -0.05) is 19.1 Å². The number of rotatable bonds is 7. The summed E-state index contributed by atoms with van der Waals surface area (Å²) in [4.78, 5) is 12.1. The van der Waals surface area contributed by atoms with E-state index >= 15 is 0 Å². The molecule has 1 heterocycles. The molecule has 0 aliphatic heterocycles. The van der Waals surface area contributed by atoms with Crippen LogP contribution in [0.4, 0.5) is 0 Å². The third-order valence-electron chi connectivity index (χ3n) is 3.33. The second-order valence-electron chi connectivity index (χ2n) is 5.27. The van der Waals surface area contributed by atoms with Crippen LogP contribution in [0.15, 0.2) is 47.1 Å². The van der Waals surface area contributed by atoms with E-state index in [4.69, 9.17) is 4.42 Å².